The molecule has 2 heteroatoms. The zero-order valence-corrected chi connectivity index (χ0v) is 19.0. The minimum atomic E-state index is -0.289. The Morgan fingerprint density at radius 2 is 1.71 bits per heavy atom. The fourth-order valence-electron chi connectivity index (χ4n) is 9.11. The molecule has 0 aromatic heterocycles. The molecule has 0 aromatic carbocycles. The minimum Gasteiger partial charge on any atom is -0.393 e. The molecule has 0 bridgehead atoms. The Hall–Kier alpha value is -0.340. The van der Waals surface area contributed by atoms with Crippen LogP contribution in [0.5, 0.6) is 0 Å². The topological polar surface area (TPSA) is 40.5 Å². The zero-order chi connectivity index (χ0) is 20.3. The smallest absolute Gasteiger partial charge is 0.0786 e. The Morgan fingerprint density at radius 3 is 2.39 bits per heavy atom. The van der Waals surface area contributed by atoms with Gasteiger partial charge in [0.05, 0.1) is 12.2 Å². The van der Waals surface area contributed by atoms with Crippen LogP contribution >= 0.6 is 0 Å². The van der Waals surface area contributed by atoms with E-state index in [0.29, 0.717) is 29.1 Å². The van der Waals surface area contributed by atoms with Gasteiger partial charge in [0.25, 0.3) is 0 Å². The van der Waals surface area contributed by atoms with Crippen LogP contribution in [0.15, 0.2) is 11.6 Å². The lowest BCUT2D eigenvalue weighted by Gasteiger charge is -2.63. The predicted molar refractivity (Wildman–Crippen MR) is 116 cm³/mol. The molecule has 4 unspecified atom stereocenters. The van der Waals surface area contributed by atoms with Gasteiger partial charge in [-0.3, -0.25) is 0 Å². The van der Waals surface area contributed by atoms with Crippen molar-refractivity contribution in [1.82, 2.24) is 0 Å². The second kappa shape index (κ2) is 7.41. The summed E-state index contributed by atoms with van der Waals surface area (Å²) < 4.78 is 0. The maximum Gasteiger partial charge on any atom is 0.0786 e. The van der Waals surface area contributed by atoms with Crippen LogP contribution in [-0.4, -0.2) is 22.4 Å². The van der Waals surface area contributed by atoms with E-state index >= 15 is 0 Å². The summed E-state index contributed by atoms with van der Waals surface area (Å²) in [7, 11) is 0. The zero-order valence-electron chi connectivity index (χ0n) is 19.0. The van der Waals surface area contributed by atoms with Crippen molar-refractivity contribution >= 4 is 0 Å². The average molecular weight is 389 g/mol. The largest absolute Gasteiger partial charge is 0.393 e. The molecule has 0 aliphatic heterocycles. The van der Waals surface area contributed by atoms with Gasteiger partial charge in [0, 0.05) is 0 Å². The van der Waals surface area contributed by atoms with Crippen LogP contribution in [0.1, 0.15) is 92.4 Å². The highest BCUT2D eigenvalue weighted by atomic mass is 16.3. The number of hydrogen-bond acceptors (Lipinski definition) is 2. The quantitative estimate of drug-likeness (QED) is 0.585. The molecule has 4 aliphatic carbocycles. The summed E-state index contributed by atoms with van der Waals surface area (Å²) in [6, 6.07) is 0. The average Bonchev–Trinajstić information content (AvgIpc) is 3.01. The first-order valence-electron chi connectivity index (χ1n) is 12.3. The Morgan fingerprint density at radius 1 is 1.04 bits per heavy atom. The van der Waals surface area contributed by atoms with Crippen molar-refractivity contribution in [2.24, 2.45) is 46.3 Å². The first kappa shape index (κ1) is 20.9. The first-order valence-corrected chi connectivity index (χ1v) is 12.3. The molecule has 0 radical (unpaired) electrons. The van der Waals surface area contributed by atoms with Gasteiger partial charge in [-0.1, -0.05) is 46.6 Å². The fraction of sp³-hybridized carbons (Fsp3) is 0.923. The summed E-state index contributed by atoms with van der Waals surface area (Å²) in [6.07, 6.45) is 12.6. The fourth-order valence-corrected chi connectivity index (χ4v) is 9.11. The molecule has 160 valence electrons. The van der Waals surface area contributed by atoms with Crippen LogP contribution in [0.2, 0.25) is 0 Å². The van der Waals surface area contributed by atoms with E-state index in [1.165, 1.54) is 44.1 Å². The van der Waals surface area contributed by atoms with E-state index < -0.39 is 0 Å². The van der Waals surface area contributed by atoms with Crippen molar-refractivity contribution in [2.75, 3.05) is 0 Å². The second-order valence-electron chi connectivity index (χ2n) is 11.5. The molecule has 10 atom stereocenters. The Bertz CT molecular complexity index is 612. The SMILES string of the molecule is CC=C1C2C[C@H](O)CC[C@]2(C)C2CC[C@@]3(C)C(CC[C@@H]3[C@H](C)CCC)C2[C@@H]1O. The number of allylic oxidation sites excluding steroid dienone is 1. The van der Waals surface area contributed by atoms with Crippen LogP contribution in [0.3, 0.4) is 0 Å². The third kappa shape index (κ3) is 2.88. The van der Waals surface area contributed by atoms with E-state index in [1.807, 2.05) is 0 Å². The van der Waals surface area contributed by atoms with Crippen molar-refractivity contribution in [3.63, 3.8) is 0 Å². The molecule has 0 heterocycles. The highest BCUT2D eigenvalue weighted by Crippen LogP contribution is 2.69. The number of hydrogen-bond donors (Lipinski definition) is 2. The van der Waals surface area contributed by atoms with E-state index in [4.69, 9.17) is 0 Å². The van der Waals surface area contributed by atoms with Gasteiger partial charge in [-0.15, -0.1) is 0 Å². The van der Waals surface area contributed by atoms with Crippen molar-refractivity contribution in [3.8, 4) is 0 Å². The number of aliphatic hydroxyl groups is 2. The van der Waals surface area contributed by atoms with Crippen LogP contribution in [0.25, 0.3) is 0 Å². The summed E-state index contributed by atoms with van der Waals surface area (Å²) in [5, 5.41) is 22.0. The van der Waals surface area contributed by atoms with Gasteiger partial charge in [-0.25, -0.2) is 0 Å². The van der Waals surface area contributed by atoms with Gasteiger partial charge >= 0.3 is 0 Å². The molecular weight excluding hydrogens is 344 g/mol. The van der Waals surface area contributed by atoms with E-state index in [2.05, 4.69) is 40.7 Å². The van der Waals surface area contributed by atoms with Gasteiger partial charge in [-0.2, -0.15) is 0 Å². The summed E-state index contributed by atoms with van der Waals surface area (Å²) in [4.78, 5) is 0. The monoisotopic (exact) mass is 388 g/mol. The molecule has 0 saturated heterocycles. The highest BCUT2D eigenvalue weighted by Gasteiger charge is 2.63. The third-order valence-electron chi connectivity index (χ3n) is 10.4. The summed E-state index contributed by atoms with van der Waals surface area (Å²) in [5.41, 5.74) is 1.93. The van der Waals surface area contributed by atoms with Crippen molar-refractivity contribution in [2.45, 2.75) is 105 Å². The Balaban J connectivity index is 1.69. The number of fused-ring (bicyclic) bond motifs is 5. The summed E-state index contributed by atoms with van der Waals surface area (Å²) in [5.74, 6) is 3.75. The summed E-state index contributed by atoms with van der Waals surface area (Å²) >= 11 is 0. The summed E-state index contributed by atoms with van der Waals surface area (Å²) in [6.45, 7) is 12.0. The van der Waals surface area contributed by atoms with Crippen LogP contribution in [0.4, 0.5) is 0 Å². The van der Waals surface area contributed by atoms with E-state index in [1.54, 1.807) is 0 Å². The maximum atomic E-state index is 11.6. The number of aliphatic hydroxyl groups excluding tert-OH is 2. The highest BCUT2D eigenvalue weighted by molar-refractivity contribution is 5.26. The molecule has 4 saturated carbocycles. The Kier molecular flexibility index (Phi) is 5.54. The van der Waals surface area contributed by atoms with E-state index in [0.717, 1.165) is 31.1 Å². The molecule has 4 rings (SSSR count). The predicted octanol–water partition coefficient (Wildman–Crippen LogP) is 5.97. The molecule has 0 amide bonds. The normalized spacial score (nSPS) is 53.4. The van der Waals surface area contributed by atoms with Crippen LogP contribution < -0.4 is 0 Å². The van der Waals surface area contributed by atoms with Gasteiger partial charge in [0.15, 0.2) is 0 Å². The second-order valence-corrected chi connectivity index (χ2v) is 11.5. The molecule has 4 fully saturated rings. The third-order valence-corrected chi connectivity index (χ3v) is 10.4. The molecule has 0 spiro atoms. The van der Waals surface area contributed by atoms with Gasteiger partial charge in [0.2, 0.25) is 0 Å². The lowest BCUT2D eigenvalue weighted by Crippen LogP contribution is -2.59. The molecular formula is C26H44O2. The molecule has 4 aliphatic rings. The van der Waals surface area contributed by atoms with Gasteiger partial charge < -0.3 is 10.2 Å². The molecule has 2 nitrogen and oxygen atoms in total. The lowest BCUT2D eigenvalue weighted by atomic mass is 9.42. The van der Waals surface area contributed by atoms with E-state index in [9.17, 15) is 10.2 Å². The van der Waals surface area contributed by atoms with Crippen molar-refractivity contribution in [3.05, 3.63) is 11.6 Å². The number of rotatable bonds is 3. The minimum absolute atomic E-state index is 0.184. The molecule has 2 N–H and O–H groups in total. The standard InChI is InChI=1S/C26H44O2/c1-6-8-16(3)19-9-10-20-23-21(12-14-25(19,20)4)26(5)13-11-17(27)15-22(26)18(7-2)24(23)28/h7,16-17,19-24,27-28H,6,8-15H2,1-5H3/t16-,17-,19-,20?,21?,22?,23?,24-,25-,26-/m1/s1. The van der Waals surface area contributed by atoms with Gasteiger partial charge in [0.1, 0.15) is 0 Å². The van der Waals surface area contributed by atoms with Crippen LogP contribution in [0, 0.1) is 46.3 Å². The molecule has 0 aromatic rings. The van der Waals surface area contributed by atoms with Crippen molar-refractivity contribution in [1.29, 1.82) is 0 Å². The first-order chi connectivity index (χ1) is 13.3. The maximum absolute atomic E-state index is 11.6. The molecule has 28 heavy (non-hydrogen) atoms. The van der Waals surface area contributed by atoms with E-state index in [-0.39, 0.29) is 17.6 Å². The van der Waals surface area contributed by atoms with Crippen molar-refractivity contribution < 1.29 is 10.2 Å². The lowest BCUT2D eigenvalue weighted by molar-refractivity contribution is -0.147. The van der Waals surface area contributed by atoms with Gasteiger partial charge in [-0.05, 0) is 104 Å². The Labute approximate surface area is 173 Å². The van der Waals surface area contributed by atoms with Crippen LogP contribution in [-0.2, 0) is 0 Å².